The van der Waals surface area contributed by atoms with Crippen LogP contribution in [0.15, 0.2) is 29.8 Å². The fourth-order valence-electron chi connectivity index (χ4n) is 1.64. The highest BCUT2D eigenvalue weighted by molar-refractivity contribution is 6.14. The second-order valence-electron chi connectivity index (χ2n) is 3.75. The molecule has 0 amide bonds. The number of hydrogen-bond acceptors (Lipinski definition) is 6. The predicted octanol–water partition coefficient (Wildman–Crippen LogP) is 1.27. The van der Waals surface area contributed by atoms with E-state index in [2.05, 4.69) is 4.74 Å². The lowest BCUT2D eigenvalue weighted by molar-refractivity contribution is -0.384. The molecule has 0 N–H and O–H groups in total. The van der Waals surface area contributed by atoms with Gasteiger partial charge in [-0.05, 0) is 6.07 Å². The summed E-state index contributed by atoms with van der Waals surface area (Å²) in [6, 6.07) is 3.74. The molecule has 0 saturated heterocycles. The monoisotopic (exact) mass is 263 g/mol. The lowest BCUT2D eigenvalue weighted by atomic mass is 9.99. The van der Waals surface area contributed by atoms with Crippen molar-refractivity contribution in [1.29, 1.82) is 0 Å². The minimum absolute atomic E-state index is 0.0654. The van der Waals surface area contributed by atoms with E-state index in [0.29, 0.717) is 0 Å². The minimum Gasteiger partial charge on any atom is -0.488 e. The number of Topliss-reactive ketones (excluding diaryl/α,β-unsaturated/α-hetero) is 1. The van der Waals surface area contributed by atoms with Crippen LogP contribution in [-0.4, -0.2) is 30.4 Å². The number of nitro benzene ring substituents is 1. The first-order valence-electron chi connectivity index (χ1n) is 5.27. The van der Waals surface area contributed by atoms with Crippen LogP contribution in [-0.2, 0) is 9.53 Å². The van der Waals surface area contributed by atoms with E-state index in [1.807, 2.05) is 0 Å². The zero-order valence-electron chi connectivity index (χ0n) is 9.91. The fraction of sp³-hybridized carbons (Fsp3) is 0.167. The van der Waals surface area contributed by atoms with Crippen molar-refractivity contribution < 1.29 is 24.0 Å². The first-order valence-corrected chi connectivity index (χ1v) is 5.27. The number of ether oxygens (including phenoxy) is 2. The Kier molecular flexibility index (Phi) is 3.28. The van der Waals surface area contributed by atoms with Gasteiger partial charge in [0.2, 0.25) is 0 Å². The maximum Gasteiger partial charge on any atom is 0.331 e. The summed E-state index contributed by atoms with van der Waals surface area (Å²) >= 11 is 0. The Hall–Kier alpha value is -2.70. The summed E-state index contributed by atoms with van der Waals surface area (Å²) < 4.78 is 9.69. The van der Waals surface area contributed by atoms with Crippen molar-refractivity contribution >= 4 is 17.4 Å². The molecule has 98 valence electrons. The maximum absolute atomic E-state index is 12.1. The standard InChI is InChI=1S/C12H9NO6/c1-18-11(14)4-7-6-19-10-3-2-8(13(16)17)5-9(10)12(7)15/h2-5H,6H2,1H3/b7-4+. The van der Waals surface area contributed by atoms with Gasteiger partial charge in [-0.2, -0.15) is 0 Å². The number of esters is 1. The minimum atomic E-state index is -0.680. The number of non-ortho nitro benzene ring substituents is 1. The summed E-state index contributed by atoms with van der Waals surface area (Å²) in [5, 5.41) is 10.7. The van der Waals surface area contributed by atoms with E-state index >= 15 is 0 Å². The van der Waals surface area contributed by atoms with E-state index in [-0.39, 0.29) is 29.2 Å². The summed E-state index contributed by atoms with van der Waals surface area (Å²) in [5.41, 5.74) is -0.0505. The number of nitro groups is 1. The summed E-state index contributed by atoms with van der Waals surface area (Å²) in [4.78, 5) is 33.2. The van der Waals surface area contributed by atoms with Gasteiger partial charge in [0, 0.05) is 23.8 Å². The highest BCUT2D eigenvalue weighted by atomic mass is 16.6. The fourth-order valence-corrected chi connectivity index (χ4v) is 1.64. The first-order chi connectivity index (χ1) is 9.02. The van der Waals surface area contributed by atoms with Crippen molar-refractivity contribution in [2.45, 2.75) is 0 Å². The van der Waals surface area contributed by atoms with Crippen molar-refractivity contribution in [3.63, 3.8) is 0 Å². The molecule has 0 fully saturated rings. The first kappa shape index (κ1) is 12.7. The van der Waals surface area contributed by atoms with Crippen molar-refractivity contribution in [2.24, 2.45) is 0 Å². The molecule has 1 aliphatic heterocycles. The number of rotatable bonds is 2. The summed E-state index contributed by atoms with van der Waals surface area (Å²) in [6.07, 6.45) is 1.02. The average molecular weight is 263 g/mol. The third-order valence-corrected chi connectivity index (χ3v) is 2.59. The van der Waals surface area contributed by atoms with E-state index in [1.54, 1.807) is 0 Å². The lowest BCUT2D eigenvalue weighted by Gasteiger charge is -2.18. The van der Waals surface area contributed by atoms with E-state index in [0.717, 1.165) is 12.1 Å². The SMILES string of the molecule is COC(=O)/C=C1\COc2ccc([N+](=O)[O-])cc2C1=O. The largest absolute Gasteiger partial charge is 0.488 e. The molecule has 19 heavy (non-hydrogen) atoms. The number of benzene rings is 1. The van der Waals surface area contributed by atoms with Gasteiger partial charge in [-0.1, -0.05) is 0 Å². The van der Waals surface area contributed by atoms with Crippen molar-refractivity contribution in [3.05, 3.63) is 45.5 Å². The average Bonchev–Trinajstić information content (AvgIpc) is 2.41. The Morgan fingerprint density at radius 3 is 2.89 bits per heavy atom. The second-order valence-corrected chi connectivity index (χ2v) is 3.75. The number of nitrogens with zero attached hydrogens (tertiary/aromatic N) is 1. The van der Waals surface area contributed by atoms with E-state index < -0.39 is 16.7 Å². The normalized spacial score (nSPS) is 15.6. The number of carbonyl (C=O) groups excluding carboxylic acids is 2. The van der Waals surface area contributed by atoms with Crippen LogP contribution in [0.1, 0.15) is 10.4 Å². The molecule has 0 atom stereocenters. The molecular weight excluding hydrogens is 254 g/mol. The molecule has 0 bridgehead atoms. The summed E-state index contributed by atoms with van der Waals surface area (Å²) in [7, 11) is 1.19. The van der Waals surface area contributed by atoms with Gasteiger partial charge in [0.15, 0.2) is 5.78 Å². The Labute approximate surface area is 107 Å². The zero-order valence-corrected chi connectivity index (χ0v) is 9.91. The van der Waals surface area contributed by atoms with Gasteiger partial charge in [-0.25, -0.2) is 4.79 Å². The Morgan fingerprint density at radius 2 is 2.26 bits per heavy atom. The molecule has 0 aliphatic carbocycles. The molecular formula is C12H9NO6. The number of methoxy groups -OCH3 is 1. The third-order valence-electron chi connectivity index (χ3n) is 2.59. The van der Waals surface area contributed by atoms with E-state index in [9.17, 15) is 19.7 Å². The van der Waals surface area contributed by atoms with Gasteiger partial charge >= 0.3 is 5.97 Å². The molecule has 1 aromatic rings. The number of fused-ring (bicyclic) bond motifs is 1. The molecule has 2 rings (SSSR count). The molecule has 1 aromatic carbocycles. The van der Waals surface area contributed by atoms with Crippen LogP contribution in [0.4, 0.5) is 5.69 Å². The third kappa shape index (κ3) is 2.44. The molecule has 0 aromatic heterocycles. The highest BCUT2D eigenvalue weighted by Gasteiger charge is 2.26. The number of hydrogen-bond donors (Lipinski definition) is 0. The van der Waals surface area contributed by atoms with Crippen LogP contribution in [0.5, 0.6) is 5.75 Å². The summed E-state index contributed by atoms with van der Waals surface area (Å²) in [5.74, 6) is -0.895. The van der Waals surface area contributed by atoms with Crippen LogP contribution in [0.3, 0.4) is 0 Å². The summed E-state index contributed by atoms with van der Waals surface area (Å²) in [6.45, 7) is -0.0707. The van der Waals surface area contributed by atoms with Gasteiger partial charge in [0.1, 0.15) is 12.4 Å². The highest BCUT2D eigenvalue weighted by Crippen LogP contribution is 2.30. The van der Waals surface area contributed by atoms with Crippen LogP contribution in [0, 0.1) is 10.1 Å². The van der Waals surface area contributed by atoms with Gasteiger partial charge < -0.3 is 9.47 Å². The van der Waals surface area contributed by atoms with E-state index in [1.165, 1.54) is 19.2 Å². The number of carbonyl (C=O) groups is 2. The second kappa shape index (κ2) is 4.89. The van der Waals surface area contributed by atoms with E-state index in [4.69, 9.17) is 4.74 Å². The molecule has 0 unspecified atom stereocenters. The predicted molar refractivity (Wildman–Crippen MR) is 63.0 cm³/mol. The molecule has 0 saturated carbocycles. The molecule has 7 nitrogen and oxygen atoms in total. The Morgan fingerprint density at radius 1 is 1.53 bits per heavy atom. The van der Waals surface area contributed by atoms with Crippen LogP contribution >= 0.6 is 0 Å². The van der Waals surface area contributed by atoms with Crippen LogP contribution in [0.25, 0.3) is 0 Å². The van der Waals surface area contributed by atoms with Crippen molar-refractivity contribution in [2.75, 3.05) is 13.7 Å². The molecule has 7 heteroatoms. The van der Waals surface area contributed by atoms with Crippen molar-refractivity contribution in [1.82, 2.24) is 0 Å². The Balaban J connectivity index is 2.42. The number of ketones is 1. The van der Waals surface area contributed by atoms with Gasteiger partial charge in [0.05, 0.1) is 17.6 Å². The van der Waals surface area contributed by atoms with Gasteiger partial charge in [-0.3, -0.25) is 14.9 Å². The van der Waals surface area contributed by atoms with Crippen LogP contribution < -0.4 is 4.74 Å². The topological polar surface area (TPSA) is 95.7 Å². The maximum atomic E-state index is 12.1. The lowest BCUT2D eigenvalue weighted by Crippen LogP contribution is -2.20. The molecule has 0 spiro atoms. The van der Waals surface area contributed by atoms with Crippen LogP contribution in [0.2, 0.25) is 0 Å². The molecule has 0 radical (unpaired) electrons. The zero-order chi connectivity index (χ0) is 14.0. The van der Waals surface area contributed by atoms with Gasteiger partial charge in [-0.15, -0.1) is 0 Å². The van der Waals surface area contributed by atoms with Crippen molar-refractivity contribution in [3.8, 4) is 5.75 Å². The molecule has 1 aliphatic rings. The van der Waals surface area contributed by atoms with Gasteiger partial charge in [0.25, 0.3) is 5.69 Å². The quantitative estimate of drug-likeness (QED) is 0.345. The smallest absolute Gasteiger partial charge is 0.331 e. The Bertz CT molecular complexity index is 604. The molecule has 1 heterocycles.